The Morgan fingerprint density at radius 1 is 0.818 bits per heavy atom. The molecule has 0 fully saturated rings. The van der Waals surface area contributed by atoms with Gasteiger partial charge in [0.15, 0.2) is 0 Å². The Labute approximate surface area is 197 Å². The molecule has 33 heavy (non-hydrogen) atoms. The minimum Gasteiger partial charge on any atom is -0.365 e. The molecule has 0 radical (unpaired) electrons. The summed E-state index contributed by atoms with van der Waals surface area (Å²) in [6.07, 6.45) is 1.81. The number of carbonyl (C=O) groups is 1. The SMILES string of the molecule is CC.NC(=O)c1cc2c(Nc3ccc(-c4ccccc4)cc3)cnc(-c3ccccc3)c2s1. The van der Waals surface area contributed by atoms with Crippen LogP contribution in [0.4, 0.5) is 11.4 Å². The lowest BCUT2D eigenvalue weighted by Crippen LogP contribution is -2.08. The fraction of sp³-hybridized carbons (Fsp3) is 0.0714. The number of rotatable bonds is 5. The van der Waals surface area contributed by atoms with Gasteiger partial charge in [0.05, 0.1) is 27.2 Å². The van der Waals surface area contributed by atoms with Gasteiger partial charge in [0.1, 0.15) is 0 Å². The Hall–Kier alpha value is -3.96. The number of hydrogen-bond acceptors (Lipinski definition) is 4. The normalized spacial score (nSPS) is 10.4. The zero-order valence-electron chi connectivity index (χ0n) is 18.6. The number of amides is 1. The Bertz CT molecular complexity index is 1360. The largest absolute Gasteiger partial charge is 0.365 e. The van der Waals surface area contributed by atoms with E-state index in [0.717, 1.165) is 38.3 Å². The first-order valence-electron chi connectivity index (χ1n) is 10.9. The summed E-state index contributed by atoms with van der Waals surface area (Å²) >= 11 is 1.37. The van der Waals surface area contributed by atoms with E-state index in [0.29, 0.717) is 4.88 Å². The summed E-state index contributed by atoms with van der Waals surface area (Å²) in [6, 6.07) is 30.3. The second-order valence-electron chi connectivity index (χ2n) is 7.17. The zero-order valence-corrected chi connectivity index (χ0v) is 19.4. The minimum absolute atomic E-state index is 0.432. The zero-order chi connectivity index (χ0) is 23.2. The van der Waals surface area contributed by atoms with Crippen LogP contribution in [0, 0.1) is 0 Å². The lowest BCUT2D eigenvalue weighted by molar-refractivity contribution is 0.100. The molecule has 2 heterocycles. The number of carbonyl (C=O) groups excluding carboxylic acids is 1. The third-order valence-electron chi connectivity index (χ3n) is 5.12. The summed E-state index contributed by atoms with van der Waals surface area (Å²) in [7, 11) is 0. The summed E-state index contributed by atoms with van der Waals surface area (Å²) in [4.78, 5) is 17.1. The van der Waals surface area contributed by atoms with Crippen molar-refractivity contribution in [3.05, 3.63) is 102 Å². The number of aromatic nitrogens is 1. The van der Waals surface area contributed by atoms with Crippen molar-refractivity contribution in [2.75, 3.05) is 5.32 Å². The highest BCUT2D eigenvalue weighted by Gasteiger charge is 2.16. The average molecular weight is 452 g/mol. The number of fused-ring (bicyclic) bond motifs is 1. The first-order valence-corrected chi connectivity index (χ1v) is 11.7. The molecule has 4 nitrogen and oxygen atoms in total. The molecule has 164 valence electrons. The molecular formula is C28H25N3OS. The fourth-order valence-electron chi connectivity index (χ4n) is 3.58. The maximum Gasteiger partial charge on any atom is 0.258 e. The van der Waals surface area contributed by atoms with E-state index in [-0.39, 0.29) is 0 Å². The highest BCUT2D eigenvalue weighted by atomic mass is 32.1. The molecule has 0 aliphatic carbocycles. The van der Waals surface area contributed by atoms with Crippen molar-refractivity contribution in [3.63, 3.8) is 0 Å². The maximum absolute atomic E-state index is 11.9. The van der Waals surface area contributed by atoms with Crippen molar-refractivity contribution in [2.45, 2.75) is 13.8 Å². The van der Waals surface area contributed by atoms with Gasteiger partial charge in [-0.3, -0.25) is 9.78 Å². The Kier molecular flexibility index (Phi) is 6.81. The fourth-order valence-corrected chi connectivity index (χ4v) is 4.62. The molecule has 0 aliphatic rings. The Morgan fingerprint density at radius 3 is 2.00 bits per heavy atom. The molecule has 3 N–H and O–H groups in total. The molecule has 5 heteroatoms. The number of nitrogens with two attached hydrogens (primary N) is 1. The molecule has 0 saturated heterocycles. The second-order valence-corrected chi connectivity index (χ2v) is 8.22. The van der Waals surface area contributed by atoms with Crippen molar-refractivity contribution in [1.82, 2.24) is 4.98 Å². The number of benzene rings is 3. The standard InChI is InChI=1S/C26H19N3OS.C2H6/c27-26(30)23-15-21-22(16-28-24(25(21)31-23)19-9-5-2-6-10-19)29-20-13-11-18(12-14-20)17-7-3-1-4-8-17;1-2/h1-16,29H,(H2,27,30);1-2H3. The summed E-state index contributed by atoms with van der Waals surface area (Å²) in [5.41, 5.74) is 11.5. The van der Waals surface area contributed by atoms with E-state index in [1.165, 1.54) is 16.9 Å². The van der Waals surface area contributed by atoms with Crippen molar-refractivity contribution in [2.24, 2.45) is 5.73 Å². The summed E-state index contributed by atoms with van der Waals surface area (Å²) in [5.74, 6) is -0.432. The quantitative estimate of drug-likeness (QED) is 0.291. The number of anilines is 2. The predicted octanol–water partition coefficient (Wildman–Crippen LogP) is 7.50. The van der Waals surface area contributed by atoms with Gasteiger partial charge in [-0.1, -0.05) is 86.6 Å². The number of primary amides is 1. The smallest absolute Gasteiger partial charge is 0.258 e. The third-order valence-corrected chi connectivity index (χ3v) is 6.28. The molecule has 2 aromatic heterocycles. The van der Waals surface area contributed by atoms with Gasteiger partial charge in [0, 0.05) is 16.6 Å². The monoisotopic (exact) mass is 451 g/mol. The Balaban J connectivity index is 0.00000126. The second kappa shape index (κ2) is 10.1. The molecule has 5 rings (SSSR count). The van der Waals surface area contributed by atoms with Crippen LogP contribution in [0.15, 0.2) is 97.2 Å². The van der Waals surface area contributed by atoms with Gasteiger partial charge < -0.3 is 11.1 Å². The van der Waals surface area contributed by atoms with Gasteiger partial charge in [-0.25, -0.2) is 0 Å². The number of hydrogen-bond donors (Lipinski definition) is 2. The van der Waals surface area contributed by atoms with Gasteiger partial charge in [-0.2, -0.15) is 0 Å². The van der Waals surface area contributed by atoms with Crippen LogP contribution >= 0.6 is 11.3 Å². The highest BCUT2D eigenvalue weighted by Crippen LogP contribution is 2.38. The van der Waals surface area contributed by atoms with Crippen LogP contribution < -0.4 is 11.1 Å². The summed E-state index contributed by atoms with van der Waals surface area (Å²) in [6.45, 7) is 4.00. The Morgan fingerprint density at radius 2 is 1.39 bits per heavy atom. The van der Waals surface area contributed by atoms with Gasteiger partial charge in [-0.05, 0) is 29.3 Å². The average Bonchev–Trinajstić information content (AvgIpc) is 3.34. The molecule has 0 unspecified atom stereocenters. The van der Waals surface area contributed by atoms with Crippen LogP contribution in [0.25, 0.3) is 32.5 Å². The lowest BCUT2D eigenvalue weighted by atomic mass is 10.1. The molecule has 5 aromatic rings. The van der Waals surface area contributed by atoms with Crippen LogP contribution in [0.3, 0.4) is 0 Å². The molecule has 0 atom stereocenters. The van der Waals surface area contributed by atoms with E-state index in [2.05, 4.69) is 29.6 Å². The number of pyridine rings is 1. The number of thiophene rings is 1. The number of nitrogens with zero attached hydrogens (tertiary/aromatic N) is 1. The van der Waals surface area contributed by atoms with Gasteiger partial charge in [0.25, 0.3) is 5.91 Å². The highest BCUT2D eigenvalue weighted by molar-refractivity contribution is 7.21. The minimum atomic E-state index is -0.432. The van der Waals surface area contributed by atoms with E-state index in [1.54, 1.807) is 0 Å². The van der Waals surface area contributed by atoms with Gasteiger partial charge >= 0.3 is 0 Å². The van der Waals surface area contributed by atoms with Gasteiger partial charge in [0.2, 0.25) is 0 Å². The van der Waals surface area contributed by atoms with E-state index in [1.807, 2.05) is 86.8 Å². The third kappa shape index (κ3) is 4.78. The van der Waals surface area contributed by atoms with Crippen LogP contribution in [0.5, 0.6) is 0 Å². The summed E-state index contributed by atoms with van der Waals surface area (Å²) in [5, 5.41) is 4.38. The van der Waals surface area contributed by atoms with E-state index < -0.39 is 5.91 Å². The number of nitrogens with one attached hydrogen (secondary N) is 1. The first-order chi connectivity index (χ1) is 16.2. The van der Waals surface area contributed by atoms with E-state index in [9.17, 15) is 4.79 Å². The van der Waals surface area contributed by atoms with E-state index in [4.69, 9.17) is 10.7 Å². The van der Waals surface area contributed by atoms with Crippen LogP contribution in [0.2, 0.25) is 0 Å². The molecule has 1 amide bonds. The lowest BCUT2D eigenvalue weighted by Gasteiger charge is -2.11. The van der Waals surface area contributed by atoms with Crippen molar-refractivity contribution < 1.29 is 4.79 Å². The maximum atomic E-state index is 11.9. The van der Waals surface area contributed by atoms with Crippen LogP contribution in [-0.4, -0.2) is 10.9 Å². The van der Waals surface area contributed by atoms with Crippen molar-refractivity contribution in [3.8, 4) is 22.4 Å². The molecule has 3 aromatic carbocycles. The molecule has 0 bridgehead atoms. The molecule has 0 aliphatic heterocycles. The van der Waals surface area contributed by atoms with Crippen molar-refractivity contribution >= 4 is 38.7 Å². The van der Waals surface area contributed by atoms with Crippen molar-refractivity contribution in [1.29, 1.82) is 0 Å². The van der Waals surface area contributed by atoms with Gasteiger partial charge in [-0.15, -0.1) is 11.3 Å². The first kappa shape index (κ1) is 22.2. The van der Waals surface area contributed by atoms with E-state index >= 15 is 0 Å². The van der Waals surface area contributed by atoms with Crippen LogP contribution in [0.1, 0.15) is 23.5 Å². The molecule has 0 saturated carbocycles. The van der Waals surface area contributed by atoms with Crippen LogP contribution in [-0.2, 0) is 0 Å². The molecular weight excluding hydrogens is 426 g/mol. The molecule has 0 spiro atoms. The topological polar surface area (TPSA) is 68.0 Å². The summed E-state index contributed by atoms with van der Waals surface area (Å²) < 4.78 is 0.936. The predicted molar refractivity (Wildman–Crippen MR) is 140 cm³/mol.